The Morgan fingerprint density at radius 3 is 2.30 bits per heavy atom. The number of fused-ring (bicyclic) bond motifs is 1. The van der Waals surface area contributed by atoms with Crippen LogP contribution in [0.5, 0.6) is 0 Å². The largest absolute Gasteiger partial charge is 0.323 e. The van der Waals surface area contributed by atoms with Crippen LogP contribution in [0.2, 0.25) is 5.02 Å². The van der Waals surface area contributed by atoms with Gasteiger partial charge in [-0.2, -0.15) is 0 Å². The molecule has 0 saturated heterocycles. The molecule has 4 nitrogen and oxygen atoms in total. The molecule has 5 rings (SSSR count). The summed E-state index contributed by atoms with van der Waals surface area (Å²) in [4.78, 5) is 22.7. The molecule has 0 unspecified atom stereocenters. The summed E-state index contributed by atoms with van der Waals surface area (Å²) in [5, 5.41) is 4.66. The van der Waals surface area contributed by atoms with Crippen molar-refractivity contribution in [2.45, 2.75) is 0 Å². The topological polar surface area (TPSA) is 54.9 Å². The van der Waals surface area contributed by atoms with Crippen molar-refractivity contribution in [1.82, 2.24) is 9.97 Å². The summed E-state index contributed by atoms with van der Waals surface area (Å²) < 4.78 is 0.949. The molecule has 0 fully saturated rings. The number of nitrogens with one attached hydrogen (secondary N) is 1. The lowest BCUT2D eigenvalue weighted by Gasteiger charge is -2.14. The first-order valence-electron chi connectivity index (χ1n) is 10.3. The molecule has 4 aromatic carbocycles. The second kappa shape index (κ2) is 9.14. The van der Waals surface area contributed by atoms with Gasteiger partial charge in [-0.05, 0) is 36.4 Å². The fraction of sp³-hybridized carbons (Fsp3) is 0. The van der Waals surface area contributed by atoms with Crippen LogP contribution in [0.4, 0.5) is 11.6 Å². The van der Waals surface area contributed by atoms with Gasteiger partial charge in [0.25, 0.3) is 0 Å². The lowest BCUT2D eigenvalue weighted by molar-refractivity contribution is 0.103. The Balaban J connectivity index is 1.62. The molecule has 1 aromatic heterocycles. The van der Waals surface area contributed by atoms with Crippen LogP contribution in [0, 0.1) is 0 Å². The fourth-order valence-corrected chi connectivity index (χ4v) is 4.18. The van der Waals surface area contributed by atoms with Gasteiger partial charge in [0.05, 0.1) is 16.9 Å². The number of nitrogens with zero attached hydrogens (tertiary/aromatic N) is 2. The normalized spacial score (nSPS) is 10.8. The van der Waals surface area contributed by atoms with Crippen molar-refractivity contribution >= 4 is 55.9 Å². The van der Waals surface area contributed by atoms with Crippen LogP contribution in [0.3, 0.4) is 0 Å². The maximum absolute atomic E-state index is 13.2. The smallest absolute Gasteiger partial charge is 0.228 e. The zero-order valence-corrected chi connectivity index (χ0v) is 19.6. The highest BCUT2D eigenvalue weighted by Crippen LogP contribution is 2.31. The van der Waals surface area contributed by atoms with E-state index in [1.54, 1.807) is 30.3 Å². The number of halogens is 2. The van der Waals surface area contributed by atoms with E-state index in [-0.39, 0.29) is 5.78 Å². The molecule has 0 spiro atoms. The van der Waals surface area contributed by atoms with Gasteiger partial charge < -0.3 is 5.32 Å². The van der Waals surface area contributed by atoms with E-state index in [0.717, 1.165) is 26.6 Å². The molecule has 1 N–H and O–H groups in total. The zero-order valence-electron chi connectivity index (χ0n) is 17.3. The number of aromatic nitrogens is 2. The summed E-state index contributed by atoms with van der Waals surface area (Å²) >= 11 is 9.78. The summed E-state index contributed by atoms with van der Waals surface area (Å²) in [6.07, 6.45) is 0. The molecule has 0 aliphatic heterocycles. The Bertz CT molecular complexity index is 1470. The minimum atomic E-state index is -0.131. The Morgan fingerprint density at radius 2 is 1.55 bits per heavy atom. The standard InChI is InChI=1S/C27H17BrClN3O/c28-19-11-13-23-21(15-19)25(17-7-3-1-4-8-17)32-27(30-23)31-24-14-12-20(29)16-22(24)26(33)18-9-5-2-6-10-18/h1-16H,(H,30,31,32). The summed E-state index contributed by atoms with van der Waals surface area (Å²) in [5.74, 6) is 0.265. The molecular formula is C27H17BrClN3O. The molecule has 0 atom stereocenters. The van der Waals surface area contributed by atoms with Crippen molar-refractivity contribution in [3.63, 3.8) is 0 Å². The number of hydrogen-bond donors (Lipinski definition) is 1. The molecule has 1 heterocycles. The monoisotopic (exact) mass is 513 g/mol. The molecule has 33 heavy (non-hydrogen) atoms. The molecule has 0 amide bonds. The number of benzene rings is 4. The van der Waals surface area contributed by atoms with E-state index in [4.69, 9.17) is 21.6 Å². The van der Waals surface area contributed by atoms with E-state index in [0.29, 0.717) is 27.8 Å². The maximum atomic E-state index is 13.2. The van der Waals surface area contributed by atoms with Crippen LogP contribution < -0.4 is 5.32 Å². The first-order valence-corrected chi connectivity index (χ1v) is 11.4. The Hall–Kier alpha value is -3.54. The quantitative estimate of drug-likeness (QED) is 0.244. The van der Waals surface area contributed by atoms with E-state index in [2.05, 4.69) is 21.2 Å². The van der Waals surface area contributed by atoms with Crippen molar-refractivity contribution in [2.75, 3.05) is 5.32 Å². The van der Waals surface area contributed by atoms with Crippen LogP contribution in [-0.2, 0) is 0 Å². The van der Waals surface area contributed by atoms with Crippen LogP contribution in [-0.4, -0.2) is 15.8 Å². The second-order valence-corrected chi connectivity index (χ2v) is 8.79. The highest BCUT2D eigenvalue weighted by Gasteiger charge is 2.17. The van der Waals surface area contributed by atoms with E-state index >= 15 is 0 Å². The van der Waals surface area contributed by atoms with Gasteiger partial charge in [0, 0.05) is 31.6 Å². The van der Waals surface area contributed by atoms with Crippen molar-refractivity contribution in [3.8, 4) is 11.3 Å². The fourth-order valence-electron chi connectivity index (χ4n) is 3.65. The molecule has 0 radical (unpaired) electrons. The number of hydrogen-bond acceptors (Lipinski definition) is 4. The second-order valence-electron chi connectivity index (χ2n) is 7.43. The lowest BCUT2D eigenvalue weighted by Crippen LogP contribution is -2.07. The molecule has 0 saturated carbocycles. The van der Waals surface area contributed by atoms with Crippen LogP contribution >= 0.6 is 27.5 Å². The van der Waals surface area contributed by atoms with E-state index < -0.39 is 0 Å². The van der Waals surface area contributed by atoms with Crippen molar-refractivity contribution in [1.29, 1.82) is 0 Å². The van der Waals surface area contributed by atoms with Gasteiger partial charge in [0.1, 0.15) is 0 Å². The molecule has 0 aliphatic carbocycles. The average molecular weight is 515 g/mol. The number of rotatable bonds is 5. The van der Waals surface area contributed by atoms with E-state index in [1.165, 1.54) is 0 Å². The third-order valence-corrected chi connectivity index (χ3v) is 5.94. The van der Waals surface area contributed by atoms with Gasteiger partial charge in [0.2, 0.25) is 5.95 Å². The lowest BCUT2D eigenvalue weighted by atomic mass is 10.0. The molecule has 6 heteroatoms. The summed E-state index contributed by atoms with van der Waals surface area (Å²) in [7, 11) is 0. The molecular weight excluding hydrogens is 498 g/mol. The van der Waals surface area contributed by atoms with E-state index in [1.807, 2.05) is 66.7 Å². The molecule has 0 bridgehead atoms. The van der Waals surface area contributed by atoms with Gasteiger partial charge in [0.15, 0.2) is 5.78 Å². The van der Waals surface area contributed by atoms with Gasteiger partial charge in [-0.15, -0.1) is 0 Å². The highest BCUT2D eigenvalue weighted by atomic mass is 79.9. The zero-order chi connectivity index (χ0) is 22.8. The van der Waals surface area contributed by atoms with Crippen molar-refractivity contribution in [2.24, 2.45) is 0 Å². The SMILES string of the molecule is O=C(c1ccccc1)c1cc(Cl)ccc1Nc1nc(-c2ccccc2)c2cc(Br)ccc2n1. The summed E-state index contributed by atoms with van der Waals surface area (Å²) in [5.41, 5.74) is 4.19. The number of ketones is 1. The Kier molecular flexibility index (Phi) is 5.90. The Labute approximate surface area is 204 Å². The average Bonchev–Trinajstić information content (AvgIpc) is 2.85. The highest BCUT2D eigenvalue weighted by molar-refractivity contribution is 9.10. The predicted octanol–water partition coefficient (Wildman–Crippen LogP) is 7.69. The third-order valence-electron chi connectivity index (χ3n) is 5.21. The number of carbonyl (C=O) groups is 1. The van der Waals surface area contributed by atoms with Gasteiger partial charge in [-0.3, -0.25) is 4.79 Å². The first kappa shape index (κ1) is 21.3. The van der Waals surface area contributed by atoms with Crippen LogP contribution in [0.1, 0.15) is 15.9 Å². The molecule has 160 valence electrons. The van der Waals surface area contributed by atoms with Crippen molar-refractivity contribution < 1.29 is 4.79 Å². The maximum Gasteiger partial charge on any atom is 0.228 e. The number of anilines is 2. The summed E-state index contributed by atoms with van der Waals surface area (Å²) in [6, 6.07) is 30.1. The van der Waals surface area contributed by atoms with Crippen molar-refractivity contribution in [3.05, 3.63) is 118 Å². The van der Waals surface area contributed by atoms with Gasteiger partial charge >= 0.3 is 0 Å². The molecule has 0 aliphatic rings. The van der Waals surface area contributed by atoms with Crippen LogP contribution in [0.15, 0.2) is 102 Å². The van der Waals surface area contributed by atoms with Crippen LogP contribution in [0.25, 0.3) is 22.2 Å². The van der Waals surface area contributed by atoms with E-state index in [9.17, 15) is 4.79 Å². The molecule has 5 aromatic rings. The summed E-state index contributed by atoms with van der Waals surface area (Å²) in [6.45, 7) is 0. The predicted molar refractivity (Wildman–Crippen MR) is 137 cm³/mol. The Morgan fingerprint density at radius 1 is 0.818 bits per heavy atom. The van der Waals surface area contributed by atoms with Gasteiger partial charge in [-0.25, -0.2) is 9.97 Å². The number of carbonyl (C=O) groups excluding carboxylic acids is 1. The van der Waals surface area contributed by atoms with Gasteiger partial charge in [-0.1, -0.05) is 88.2 Å². The first-order chi connectivity index (χ1) is 16.1. The minimum Gasteiger partial charge on any atom is -0.323 e. The third kappa shape index (κ3) is 4.51. The minimum absolute atomic E-state index is 0.131.